The molecule has 0 saturated carbocycles. The lowest BCUT2D eigenvalue weighted by molar-refractivity contribution is -0.122. The number of rotatable bonds is 7. The maximum Gasteiger partial charge on any atom is 0.335 e. The number of hydrogen-bond donors (Lipinski definition) is 1. The molecule has 0 bridgehead atoms. The maximum absolute atomic E-state index is 13.0. The van der Waals surface area contributed by atoms with Gasteiger partial charge >= 0.3 is 6.03 Å². The summed E-state index contributed by atoms with van der Waals surface area (Å²) in [4.78, 5) is 38.5. The molecule has 1 heterocycles. The van der Waals surface area contributed by atoms with E-state index in [9.17, 15) is 14.4 Å². The summed E-state index contributed by atoms with van der Waals surface area (Å²) >= 11 is 3.43. The van der Waals surface area contributed by atoms with E-state index in [-0.39, 0.29) is 5.57 Å². The van der Waals surface area contributed by atoms with Gasteiger partial charge in [-0.1, -0.05) is 13.0 Å². The van der Waals surface area contributed by atoms with Crippen molar-refractivity contribution in [2.45, 2.75) is 20.3 Å². The van der Waals surface area contributed by atoms with Gasteiger partial charge in [-0.15, -0.1) is 0 Å². The molecule has 1 N–H and O–H groups in total. The minimum Gasteiger partial charge on any atom is -0.494 e. The van der Waals surface area contributed by atoms with Crippen LogP contribution < -0.4 is 19.7 Å². The molecule has 0 spiro atoms. The van der Waals surface area contributed by atoms with Gasteiger partial charge in [-0.2, -0.15) is 0 Å². The number of hydrogen-bond acceptors (Lipinski definition) is 5. The van der Waals surface area contributed by atoms with Crippen molar-refractivity contribution in [1.82, 2.24) is 5.32 Å². The monoisotopic (exact) mass is 472 g/mol. The SMILES string of the molecule is CCCOc1ccc(/C=C2\C(=O)NC(=O)N(c3ccc(OCC)cc3)C2=O)cc1Br. The quantitative estimate of drug-likeness (QED) is 0.479. The number of halogens is 1. The second-order valence-electron chi connectivity index (χ2n) is 6.42. The minimum atomic E-state index is -0.796. The number of imide groups is 2. The molecule has 0 aromatic heterocycles. The van der Waals surface area contributed by atoms with E-state index in [2.05, 4.69) is 21.2 Å². The summed E-state index contributed by atoms with van der Waals surface area (Å²) in [6.07, 6.45) is 2.32. The van der Waals surface area contributed by atoms with Crippen LogP contribution in [-0.2, 0) is 9.59 Å². The van der Waals surface area contributed by atoms with Crippen LogP contribution >= 0.6 is 15.9 Å². The van der Waals surface area contributed by atoms with Gasteiger partial charge in [-0.3, -0.25) is 14.9 Å². The third-order valence-corrected chi connectivity index (χ3v) is 4.86. The highest BCUT2D eigenvalue weighted by molar-refractivity contribution is 9.10. The molecule has 0 unspecified atom stereocenters. The number of carbonyl (C=O) groups excluding carboxylic acids is 3. The van der Waals surface area contributed by atoms with Gasteiger partial charge in [-0.25, -0.2) is 9.69 Å². The van der Waals surface area contributed by atoms with Gasteiger partial charge in [0.05, 0.1) is 23.4 Å². The smallest absolute Gasteiger partial charge is 0.335 e. The number of benzene rings is 2. The number of carbonyl (C=O) groups is 3. The summed E-state index contributed by atoms with van der Waals surface area (Å²) in [6, 6.07) is 10.9. The molecule has 1 fully saturated rings. The molecule has 30 heavy (non-hydrogen) atoms. The second-order valence-corrected chi connectivity index (χ2v) is 7.28. The largest absolute Gasteiger partial charge is 0.494 e. The van der Waals surface area contributed by atoms with Crippen LogP contribution in [0.3, 0.4) is 0 Å². The summed E-state index contributed by atoms with van der Waals surface area (Å²) in [6.45, 7) is 4.96. The van der Waals surface area contributed by atoms with Crippen LogP contribution in [0.5, 0.6) is 11.5 Å². The zero-order chi connectivity index (χ0) is 21.7. The molecule has 2 aromatic rings. The van der Waals surface area contributed by atoms with E-state index in [1.165, 1.54) is 6.08 Å². The second kappa shape index (κ2) is 9.58. The van der Waals surface area contributed by atoms with Gasteiger partial charge in [0.15, 0.2) is 0 Å². The van der Waals surface area contributed by atoms with Gasteiger partial charge in [0.2, 0.25) is 0 Å². The molecular formula is C22H21BrN2O5. The number of ether oxygens (including phenoxy) is 2. The molecule has 2 aromatic carbocycles. The number of barbiturate groups is 1. The highest BCUT2D eigenvalue weighted by atomic mass is 79.9. The van der Waals surface area contributed by atoms with E-state index in [4.69, 9.17) is 9.47 Å². The van der Waals surface area contributed by atoms with E-state index in [1.807, 2.05) is 13.8 Å². The average Bonchev–Trinajstić information content (AvgIpc) is 2.72. The lowest BCUT2D eigenvalue weighted by Crippen LogP contribution is -2.54. The van der Waals surface area contributed by atoms with Gasteiger partial charge < -0.3 is 9.47 Å². The Morgan fingerprint density at radius 3 is 2.40 bits per heavy atom. The van der Waals surface area contributed by atoms with Crippen LogP contribution in [0.25, 0.3) is 6.08 Å². The molecule has 1 saturated heterocycles. The van der Waals surface area contributed by atoms with Crippen molar-refractivity contribution >= 4 is 45.5 Å². The van der Waals surface area contributed by atoms with Gasteiger partial charge in [0.25, 0.3) is 11.8 Å². The molecule has 1 aliphatic heterocycles. The molecule has 8 heteroatoms. The Morgan fingerprint density at radius 1 is 1.03 bits per heavy atom. The average molecular weight is 473 g/mol. The fourth-order valence-electron chi connectivity index (χ4n) is 2.85. The molecule has 0 aliphatic carbocycles. The number of nitrogens with one attached hydrogen (secondary N) is 1. The predicted octanol–water partition coefficient (Wildman–Crippen LogP) is 4.30. The summed E-state index contributed by atoms with van der Waals surface area (Å²) in [5.74, 6) is -0.150. The first-order valence-electron chi connectivity index (χ1n) is 9.51. The van der Waals surface area contributed by atoms with E-state index in [1.54, 1.807) is 42.5 Å². The van der Waals surface area contributed by atoms with Crippen LogP contribution in [0.2, 0.25) is 0 Å². The van der Waals surface area contributed by atoms with Gasteiger partial charge in [0, 0.05) is 0 Å². The number of urea groups is 1. The van der Waals surface area contributed by atoms with Crippen molar-refractivity contribution in [3.63, 3.8) is 0 Å². The topological polar surface area (TPSA) is 84.9 Å². The van der Waals surface area contributed by atoms with Crippen molar-refractivity contribution in [1.29, 1.82) is 0 Å². The number of amides is 4. The van der Waals surface area contributed by atoms with Crippen LogP contribution in [-0.4, -0.2) is 31.1 Å². The predicted molar refractivity (Wildman–Crippen MR) is 117 cm³/mol. The van der Waals surface area contributed by atoms with Crippen LogP contribution in [0.4, 0.5) is 10.5 Å². The van der Waals surface area contributed by atoms with Crippen molar-refractivity contribution in [3.8, 4) is 11.5 Å². The summed E-state index contributed by atoms with van der Waals surface area (Å²) in [5.41, 5.74) is 0.812. The van der Waals surface area contributed by atoms with Gasteiger partial charge in [-0.05, 0) is 77.3 Å². The first-order chi connectivity index (χ1) is 14.4. The molecule has 0 radical (unpaired) electrons. The lowest BCUT2D eigenvalue weighted by Gasteiger charge is -2.26. The third kappa shape index (κ3) is 4.71. The summed E-state index contributed by atoms with van der Waals surface area (Å²) < 4.78 is 11.7. The van der Waals surface area contributed by atoms with E-state index in [0.717, 1.165) is 11.3 Å². The highest BCUT2D eigenvalue weighted by Gasteiger charge is 2.36. The van der Waals surface area contributed by atoms with E-state index >= 15 is 0 Å². The van der Waals surface area contributed by atoms with Crippen LogP contribution in [0.15, 0.2) is 52.5 Å². The Bertz CT molecular complexity index is 1000. The van der Waals surface area contributed by atoms with Crippen LogP contribution in [0, 0.1) is 0 Å². The standard InChI is InChI=1S/C22H21BrN2O5/c1-3-11-30-19-10-5-14(13-18(19)23)12-17-20(26)24-22(28)25(21(17)27)15-6-8-16(9-7-15)29-4-2/h5-10,12-13H,3-4,11H2,1-2H3,(H,24,26,28)/b17-12+. The summed E-state index contributed by atoms with van der Waals surface area (Å²) in [7, 11) is 0. The number of nitrogens with zero attached hydrogens (tertiary/aromatic N) is 1. The molecule has 156 valence electrons. The molecule has 3 rings (SSSR count). The zero-order valence-electron chi connectivity index (χ0n) is 16.6. The fourth-order valence-corrected chi connectivity index (χ4v) is 3.36. The third-order valence-electron chi connectivity index (χ3n) is 4.24. The molecule has 0 atom stereocenters. The van der Waals surface area contributed by atoms with Gasteiger partial charge in [0.1, 0.15) is 17.1 Å². The fraction of sp³-hybridized carbons (Fsp3) is 0.227. The highest BCUT2D eigenvalue weighted by Crippen LogP contribution is 2.28. The van der Waals surface area contributed by atoms with E-state index in [0.29, 0.717) is 40.4 Å². The Morgan fingerprint density at radius 2 is 1.77 bits per heavy atom. The molecule has 1 aliphatic rings. The normalized spacial score (nSPS) is 15.4. The molecule has 4 amide bonds. The molecule has 7 nitrogen and oxygen atoms in total. The Balaban J connectivity index is 1.89. The zero-order valence-corrected chi connectivity index (χ0v) is 18.2. The minimum absolute atomic E-state index is 0.141. The Hall–Kier alpha value is -3.13. The lowest BCUT2D eigenvalue weighted by atomic mass is 10.1. The Kier molecular flexibility index (Phi) is 6.89. The summed E-state index contributed by atoms with van der Waals surface area (Å²) in [5, 5.41) is 2.21. The van der Waals surface area contributed by atoms with E-state index < -0.39 is 17.8 Å². The number of anilines is 1. The first-order valence-corrected chi connectivity index (χ1v) is 10.3. The molecular weight excluding hydrogens is 452 g/mol. The van der Waals surface area contributed by atoms with Crippen LogP contribution in [0.1, 0.15) is 25.8 Å². The van der Waals surface area contributed by atoms with Crippen molar-refractivity contribution in [3.05, 3.63) is 58.1 Å². The van der Waals surface area contributed by atoms with Crippen molar-refractivity contribution in [2.75, 3.05) is 18.1 Å². The Labute approximate surface area is 182 Å². The van der Waals surface area contributed by atoms with Crippen molar-refractivity contribution in [2.24, 2.45) is 0 Å². The van der Waals surface area contributed by atoms with Crippen molar-refractivity contribution < 1.29 is 23.9 Å². The first kappa shape index (κ1) is 21.6. The maximum atomic E-state index is 13.0.